The molecular formula is C40H79N2+. The third kappa shape index (κ3) is 21.8. The van der Waals surface area contributed by atoms with Crippen molar-refractivity contribution in [1.29, 1.82) is 0 Å². The lowest BCUT2D eigenvalue weighted by atomic mass is 9.93. The minimum absolute atomic E-state index is 0.620. The van der Waals surface area contributed by atoms with E-state index in [-0.39, 0.29) is 0 Å². The van der Waals surface area contributed by atoms with Crippen LogP contribution in [0.25, 0.3) is 0 Å². The van der Waals surface area contributed by atoms with Gasteiger partial charge in [0.1, 0.15) is 12.4 Å². The van der Waals surface area contributed by atoms with Gasteiger partial charge in [0, 0.05) is 0 Å². The van der Waals surface area contributed by atoms with Crippen molar-refractivity contribution in [3.8, 4) is 0 Å². The molecule has 0 fully saturated rings. The largest absolute Gasteiger partial charge is 0.257 e. The minimum atomic E-state index is 0.620. The van der Waals surface area contributed by atoms with E-state index >= 15 is 0 Å². The molecule has 2 unspecified atom stereocenters. The predicted octanol–water partition coefficient (Wildman–Crippen LogP) is 14.1. The van der Waals surface area contributed by atoms with Gasteiger partial charge in [-0.3, -0.25) is 0 Å². The SMILES string of the molecule is CCCCCCCCCCCCCCC(CCCCCC)c1[nH]cc[n+]1C(C)CCCCCCCCCCCCCC. The molecule has 1 aromatic rings. The van der Waals surface area contributed by atoms with Crippen LogP contribution in [0.5, 0.6) is 0 Å². The first-order chi connectivity index (χ1) is 20.7. The Hall–Kier alpha value is -0.790. The maximum Gasteiger partial charge on any atom is 0.257 e. The van der Waals surface area contributed by atoms with Crippen LogP contribution >= 0.6 is 0 Å². The van der Waals surface area contributed by atoms with E-state index in [4.69, 9.17) is 0 Å². The van der Waals surface area contributed by atoms with Crippen molar-refractivity contribution in [3.05, 3.63) is 18.2 Å². The smallest absolute Gasteiger partial charge is 0.247 e. The van der Waals surface area contributed by atoms with E-state index in [2.05, 4.69) is 49.6 Å². The second-order valence-electron chi connectivity index (χ2n) is 14.0. The molecule has 1 aromatic heterocycles. The average Bonchev–Trinajstić information content (AvgIpc) is 3.49. The van der Waals surface area contributed by atoms with Crippen LogP contribution in [0.2, 0.25) is 0 Å². The van der Waals surface area contributed by atoms with E-state index in [1.54, 1.807) is 0 Å². The van der Waals surface area contributed by atoms with Crippen molar-refractivity contribution in [2.75, 3.05) is 0 Å². The third-order valence-corrected chi connectivity index (χ3v) is 9.89. The van der Waals surface area contributed by atoms with Crippen molar-refractivity contribution < 1.29 is 4.57 Å². The number of unbranched alkanes of at least 4 members (excludes halogenated alkanes) is 25. The highest BCUT2D eigenvalue weighted by molar-refractivity contribution is 4.90. The Bertz CT molecular complexity index is 650. The number of aromatic nitrogens is 2. The molecular weight excluding hydrogens is 508 g/mol. The molecule has 0 spiro atoms. The number of imidazole rings is 1. The molecule has 248 valence electrons. The standard InChI is InChI=1S/C40H78N2/c1-5-8-11-14-16-18-20-22-24-26-28-30-33-38(4)42-37-36-41-40(42)39(34-31-13-10-7-3)35-32-29-27-25-23-21-19-17-15-12-9-6-2/h36-39H,5-35H2,1-4H3/p+1. The lowest BCUT2D eigenvalue weighted by Crippen LogP contribution is -2.41. The van der Waals surface area contributed by atoms with Crippen molar-refractivity contribution in [2.45, 2.75) is 239 Å². The number of hydrogen-bond acceptors (Lipinski definition) is 0. The first-order valence-electron chi connectivity index (χ1n) is 19.8. The predicted molar refractivity (Wildman–Crippen MR) is 189 cm³/mol. The molecule has 0 aromatic carbocycles. The Labute approximate surface area is 266 Å². The summed E-state index contributed by atoms with van der Waals surface area (Å²) < 4.78 is 2.63. The molecule has 0 aliphatic rings. The maximum atomic E-state index is 3.73. The van der Waals surface area contributed by atoms with E-state index in [1.807, 2.05) is 0 Å². The molecule has 2 nitrogen and oxygen atoms in total. The van der Waals surface area contributed by atoms with Crippen LogP contribution in [0.3, 0.4) is 0 Å². The van der Waals surface area contributed by atoms with E-state index < -0.39 is 0 Å². The van der Waals surface area contributed by atoms with Crippen LogP contribution in [0, 0.1) is 0 Å². The molecule has 2 heteroatoms. The first kappa shape index (κ1) is 39.2. The fraction of sp³-hybridized carbons (Fsp3) is 0.925. The van der Waals surface area contributed by atoms with E-state index in [1.165, 1.54) is 205 Å². The Morgan fingerprint density at radius 2 is 0.762 bits per heavy atom. The summed E-state index contributed by atoms with van der Waals surface area (Å²) in [7, 11) is 0. The van der Waals surface area contributed by atoms with Crippen LogP contribution in [-0.4, -0.2) is 4.98 Å². The zero-order chi connectivity index (χ0) is 30.4. The zero-order valence-corrected chi connectivity index (χ0v) is 29.7. The normalized spacial score (nSPS) is 13.1. The van der Waals surface area contributed by atoms with Gasteiger partial charge in [-0.05, 0) is 32.6 Å². The number of nitrogens with zero attached hydrogens (tertiary/aromatic N) is 1. The molecule has 0 radical (unpaired) electrons. The lowest BCUT2D eigenvalue weighted by molar-refractivity contribution is -0.727. The molecule has 0 aliphatic carbocycles. The monoisotopic (exact) mass is 588 g/mol. The fourth-order valence-electron chi connectivity index (χ4n) is 6.96. The van der Waals surface area contributed by atoms with Crippen LogP contribution in [0.15, 0.2) is 12.4 Å². The summed E-state index contributed by atoms with van der Waals surface area (Å²) in [5.41, 5.74) is 0. The van der Waals surface area contributed by atoms with E-state index in [9.17, 15) is 0 Å². The summed E-state index contributed by atoms with van der Waals surface area (Å²) in [6.45, 7) is 9.42. The van der Waals surface area contributed by atoms with E-state index in [0.29, 0.717) is 12.0 Å². The number of hydrogen-bond donors (Lipinski definition) is 1. The highest BCUT2D eigenvalue weighted by atomic mass is 15.1. The van der Waals surface area contributed by atoms with Crippen molar-refractivity contribution in [1.82, 2.24) is 4.98 Å². The van der Waals surface area contributed by atoms with Gasteiger partial charge < -0.3 is 0 Å². The van der Waals surface area contributed by atoms with Crippen LogP contribution in [0.4, 0.5) is 0 Å². The maximum absolute atomic E-state index is 3.73. The molecule has 0 bridgehead atoms. The van der Waals surface area contributed by atoms with Gasteiger partial charge in [0.15, 0.2) is 0 Å². The molecule has 0 saturated carbocycles. The molecule has 1 rings (SSSR count). The van der Waals surface area contributed by atoms with Crippen molar-refractivity contribution in [2.24, 2.45) is 0 Å². The van der Waals surface area contributed by atoms with Gasteiger partial charge in [-0.15, -0.1) is 0 Å². The van der Waals surface area contributed by atoms with Gasteiger partial charge in [-0.1, -0.05) is 194 Å². The van der Waals surface area contributed by atoms with Crippen LogP contribution < -0.4 is 4.57 Å². The fourth-order valence-corrected chi connectivity index (χ4v) is 6.96. The highest BCUT2D eigenvalue weighted by Gasteiger charge is 2.25. The quantitative estimate of drug-likeness (QED) is 0.0623. The Kier molecular flexibility index (Phi) is 28.3. The Balaban J connectivity index is 2.30. The summed E-state index contributed by atoms with van der Waals surface area (Å²) in [5, 5.41) is 0. The van der Waals surface area contributed by atoms with Gasteiger partial charge >= 0.3 is 0 Å². The third-order valence-electron chi connectivity index (χ3n) is 9.89. The van der Waals surface area contributed by atoms with E-state index in [0.717, 1.165) is 0 Å². The van der Waals surface area contributed by atoms with Crippen LogP contribution in [-0.2, 0) is 0 Å². The highest BCUT2D eigenvalue weighted by Crippen LogP contribution is 2.27. The summed E-state index contributed by atoms with van der Waals surface area (Å²) in [6.07, 6.45) is 48.7. The average molecular weight is 588 g/mol. The number of rotatable bonds is 33. The topological polar surface area (TPSA) is 19.7 Å². The zero-order valence-electron chi connectivity index (χ0n) is 29.7. The van der Waals surface area contributed by atoms with Gasteiger partial charge in [0.2, 0.25) is 0 Å². The second kappa shape index (κ2) is 30.2. The first-order valence-corrected chi connectivity index (χ1v) is 19.8. The van der Waals surface area contributed by atoms with Crippen LogP contribution in [0.1, 0.15) is 245 Å². The summed E-state index contributed by atoms with van der Waals surface area (Å²) in [5.74, 6) is 2.24. The van der Waals surface area contributed by atoms with Gasteiger partial charge in [-0.2, -0.15) is 0 Å². The molecule has 0 amide bonds. The van der Waals surface area contributed by atoms with Gasteiger partial charge in [0.25, 0.3) is 5.82 Å². The number of H-pyrrole nitrogens is 1. The lowest BCUT2D eigenvalue weighted by Gasteiger charge is -2.17. The van der Waals surface area contributed by atoms with Gasteiger partial charge in [0.05, 0.1) is 12.0 Å². The second-order valence-corrected chi connectivity index (χ2v) is 14.0. The molecule has 2 atom stereocenters. The summed E-state index contributed by atoms with van der Waals surface area (Å²) >= 11 is 0. The molecule has 42 heavy (non-hydrogen) atoms. The summed E-state index contributed by atoms with van der Waals surface area (Å²) in [4.78, 5) is 3.73. The Morgan fingerprint density at radius 3 is 1.14 bits per heavy atom. The molecule has 0 saturated heterocycles. The van der Waals surface area contributed by atoms with Crippen molar-refractivity contribution >= 4 is 0 Å². The number of nitrogens with one attached hydrogen (secondary N) is 1. The number of aromatic amines is 1. The molecule has 1 heterocycles. The Morgan fingerprint density at radius 1 is 0.452 bits per heavy atom. The van der Waals surface area contributed by atoms with Crippen molar-refractivity contribution in [3.63, 3.8) is 0 Å². The van der Waals surface area contributed by atoms with Gasteiger partial charge in [-0.25, -0.2) is 9.55 Å². The molecule has 1 N–H and O–H groups in total. The minimum Gasteiger partial charge on any atom is -0.247 e. The molecule has 0 aliphatic heterocycles. The summed E-state index contributed by atoms with van der Waals surface area (Å²) in [6, 6.07) is 0.620.